The average Bonchev–Trinajstić information content (AvgIpc) is 2.26. The first-order chi connectivity index (χ1) is 8.23. The number of hydrogen-bond donors (Lipinski definition) is 1. The summed E-state index contributed by atoms with van der Waals surface area (Å²) in [5.74, 6) is 1.20. The molecule has 1 rings (SSSR count). The summed E-state index contributed by atoms with van der Waals surface area (Å²) in [6.07, 6.45) is 6.37. The third-order valence-electron chi connectivity index (χ3n) is 4.31. The molecule has 3 atom stereocenters. The smallest absolute Gasteiger partial charge is 0.226 e. The normalized spacial score (nSPS) is 32.9. The fraction of sp³-hybridized carbons (Fsp3) is 0.812. The van der Waals surface area contributed by atoms with Crippen molar-refractivity contribution in [3.63, 3.8) is 0 Å². The molecule has 1 N–H and O–H groups in total. The van der Waals surface area contributed by atoms with Gasteiger partial charge in [-0.1, -0.05) is 26.3 Å². The monoisotopic (exact) mass is 251 g/mol. The van der Waals surface area contributed by atoms with Crippen LogP contribution in [0.5, 0.6) is 0 Å². The first-order valence-electron chi connectivity index (χ1n) is 7.18. The summed E-state index contributed by atoms with van der Waals surface area (Å²) in [7, 11) is 0. The molecule has 1 aliphatic carbocycles. The Morgan fingerprint density at radius 1 is 1.44 bits per heavy atom. The molecule has 0 unspecified atom stereocenters. The summed E-state index contributed by atoms with van der Waals surface area (Å²) in [5, 5.41) is 3.17. The minimum absolute atomic E-state index is 0.153. The Kier molecular flexibility index (Phi) is 4.63. The van der Waals surface area contributed by atoms with Crippen LogP contribution >= 0.6 is 0 Å². The molecule has 1 aliphatic rings. The molecule has 1 fully saturated rings. The predicted molar refractivity (Wildman–Crippen MR) is 77.3 cm³/mol. The first kappa shape index (κ1) is 15.3. The number of nitrogens with one attached hydrogen (secondary N) is 1. The van der Waals surface area contributed by atoms with Crippen LogP contribution in [0.2, 0.25) is 0 Å². The Labute approximate surface area is 112 Å². The van der Waals surface area contributed by atoms with E-state index in [2.05, 4.69) is 25.7 Å². The second-order valence-corrected chi connectivity index (χ2v) is 7.00. The SMILES string of the molecule is C=C[C@@H]1CC[C@H](CC)[C@@](C)(C(=O)NC(C)(C)C)C1. The van der Waals surface area contributed by atoms with Crippen molar-refractivity contribution in [2.75, 3.05) is 0 Å². The Morgan fingerprint density at radius 3 is 2.50 bits per heavy atom. The highest BCUT2D eigenvalue weighted by Gasteiger charge is 2.45. The van der Waals surface area contributed by atoms with Crippen molar-refractivity contribution in [3.05, 3.63) is 12.7 Å². The lowest BCUT2D eigenvalue weighted by Gasteiger charge is -2.44. The number of carbonyl (C=O) groups is 1. The van der Waals surface area contributed by atoms with Gasteiger partial charge in [0.1, 0.15) is 0 Å². The van der Waals surface area contributed by atoms with Crippen LogP contribution in [-0.2, 0) is 4.79 Å². The van der Waals surface area contributed by atoms with E-state index in [-0.39, 0.29) is 16.9 Å². The maximum atomic E-state index is 12.6. The number of hydrogen-bond acceptors (Lipinski definition) is 1. The van der Waals surface area contributed by atoms with E-state index in [4.69, 9.17) is 0 Å². The molecule has 0 radical (unpaired) electrons. The molecule has 0 heterocycles. The van der Waals surface area contributed by atoms with Crippen molar-refractivity contribution in [1.82, 2.24) is 5.32 Å². The van der Waals surface area contributed by atoms with E-state index in [0.717, 1.165) is 19.3 Å². The molecule has 18 heavy (non-hydrogen) atoms. The molecule has 0 aromatic carbocycles. The first-order valence-corrected chi connectivity index (χ1v) is 7.18. The van der Waals surface area contributed by atoms with Crippen LogP contribution in [0.3, 0.4) is 0 Å². The summed E-state index contributed by atoms with van der Waals surface area (Å²) >= 11 is 0. The molecule has 0 saturated heterocycles. The largest absolute Gasteiger partial charge is 0.351 e. The molecule has 0 aliphatic heterocycles. The van der Waals surface area contributed by atoms with Gasteiger partial charge in [-0.3, -0.25) is 4.79 Å². The number of allylic oxidation sites excluding steroid dienone is 1. The highest BCUT2D eigenvalue weighted by atomic mass is 16.2. The van der Waals surface area contributed by atoms with Gasteiger partial charge in [-0.15, -0.1) is 6.58 Å². The summed E-state index contributed by atoms with van der Waals surface area (Å²) in [6.45, 7) is 14.4. The second-order valence-electron chi connectivity index (χ2n) is 7.00. The summed E-state index contributed by atoms with van der Waals surface area (Å²) in [4.78, 5) is 12.6. The molecular formula is C16H29NO. The molecule has 0 aromatic heterocycles. The Hall–Kier alpha value is -0.790. The molecule has 0 aromatic rings. The van der Waals surface area contributed by atoms with Crippen LogP contribution in [0.1, 0.15) is 60.3 Å². The zero-order valence-electron chi connectivity index (χ0n) is 12.7. The Balaban J connectivity index is 2.89. The van der Waals surface area contributed by atoms with Crippen LogP contribution in [-0.4, -0.2) is 11.4 Å². The van der Waals surface area contributed by atoms with E-state index in [9.17, 15) is 4.79 Å². The molecule has 1 saturated carbocycles. The van der Waals surface area contributed by atoms with Gasteiger partial charge >= 0.3 is 0 Å². The third kappa shape index (κ3) is 3.37. The predicted octanol–water partition coefficient (Wildman–Crippen LogP) is 3.92. The highest BCUT2D eigenvalue weighted by molar-refractivity contribution is 5.83. The van der Waals surface area contributed by atoms with Gasteiger partial charge in [0.2, 0.25) is 5.91 Å². The fourth-order valence-electron chi connectivity index (χ4n) is 3.16. The average molecular weight is 251 g/mol. The number of rotatable bonds is 3. The van der Waals surface area contributed by atoms with E-state index in [0.29, 0.717) is 11.8 Å². The summed E-state index contributed by atoms with van der Waals surface area (Å²) in [5.41, 5.74) is -0.390. The van der Waals surface area contributed by atoms with Crippen molar-refractivity contribution in [1.29, 1.82) is 0 Å². The van der Waals surface area contributed by atoms with Gasteiger partial charge in [0.05, 0.1) is 0 Å². The van der Waals surface area contributed by atoms with E-state index in [1.54, 1.807) is 0 Å². The Morgan fingerprint density at radius 2 is 2.06 bits per heavy atom. The Bertz CT molecular complexity index is 316. The number of carbonyl (C=O) groups excluding carboxylic acids is 1. The second kappa shape index (κ2) is 5.46. The molecular weight excluding hydrogens is 222 g/mol. The van der Waals surface area contributed by atoms with E-state index >= 15 is 0 Å². The van der Waals surface area contributed by atoms with Crippen molar-refractivity contribution < 1.29 is 4.79 Å². The standard InChI is InChI=1S/C16H29NO/c1-7-12-9-10-13(8-2)16(6,11-12)14(18)17-15(3,4)5/h7,12-13H,1,8-11H2,2-6H3,(H,17,18)/t12-,13+,16+/m1/s1. The van der Waals surface area contributed by atoms with Gasteiger partial charge in [-0.2, -0.15) is 0 Å². The lowest BCUT2D eigenvalue weighted by Crippen LogP contribution is -2.52. The molecule has 2 nitrogen and oxygen atoms in total. The van der Waals surface area contributed by atoms with Crippen LogP contribution in [0.25, 0.3) is 0 Å². The van der Waals surface area contributed by atoms with Crippen LogP contribution < -0.4 is 5.32 Å². The molecule has 2 heteroatoms. The third-order valence-corrected chi connectivity index (χ3v) is 4.31. The lowest BCUT2D eigenvalue weighted by molar-refractivity contribution is -0.137. The highest BCUT2D eigenvalue weighted by Crippen LogP contribution is 2.46. The quantitative estimate of drug-likeness (QED) is 0.757. The topological polar surface area (TPSA) is 29.1 Å². The minimum atomic E-state index is -0.237. The maximum Gasteiger partial charge on any atom is 0.226 e. The zero-order valence-corrected chi connectivity index (χ0v) is 12.7. The van der Waals surface area contributed by atoms with E-state index < -0.39 is 0 Å². The van der Waals surface area contributed by atoms with Gasteiger partial charge in [0, 0.05) is 11.0 Å². The number of amides is 1. The van der Waals surface area contributed by atoms with Crippen molar-refractivity contribution >= 4 is 5.91 Å². The van der Waals surface area contributed by atoms with Gasteiger partial charge in [-0.25, -0.2) is 0 Å². The van der Waals surface area contributed by atoms with Crippen molar-refractivity contribution in [3.8, 4) is 0 Å². The molecule has 0 bridgehead atoms. The van der Waals surface area contributed by atoms with Gasteiger partial charge < -0.3 is 5.32 Å². The lowest BCUT2D eigenvalue weighted by atomic mass is 9.62. The minimum Gasteiger partial charge on any atom is -0.351 e. The van der Waals surface area contributed by atoms with Gasteiger partial charge in [0.25, 0.3) is 0 Å². The van der Waals surface area contributed by atoms with Gasteiger partial charge in [0.15, 0.2) is 0 Å². The van der Waals surface area contributed by atoms with Crippen LogP contribution in [0.4, 0.5) is 0 Å². The van der Waals surface area contributed by atoms with Crippen molar-refractivity contribution in [2.24, 2.45) is 17.3 Å². The summed E-state index contributed by atoms with van der Waals surface area (Å²) < 4.78 is 0. The summed E-state index contributed by atoms with van der Waals surface area (Å²) in [6, 6.07) is 0. The van der Waals surface area contributed by atoms with Crippen LogP contribution in [0, 0.1) is 17.3 Å². The van der Waals surface area contributed by atoms with Crippen LogP contribution in [0.15, 0.2) is 12.7 Å². The van der Waals surface area contributed by atoms with E-state index in [1.807, 2.05) is 26.8 Å². The maximum absolute atomic E-state index is 12.6. The van der Waals surface area contributed by atoms with E-state index in [1.165, 1.54) is 6.42 Å². The van der Waals surface area contributed by atoms with Gasteiger partial charge in [-0.05, 0) is 51.9 Å². The molecule has 104 valence electrons. The fourth-order valence-corrected chi connectivity index (χ4v) is 3.16. The molecule has 1 amide bonds. The molecule has 0 spiro atoms. The van der Waals surface area contributed by atoms with Crippen molar-refractivity contribution in [2.45, 2.75) is 65.8 Å². The zero-order chi connectivity index (χ0) is 14.0.